The lowest BCUT2D eigenvalue weighted by Gasteiger charge is -2.20. The number of nitrogens with zero attached hydrogens (tertiary/aromatic N) is 1. The standard InChI is InChI=1S/C16H15BrN2O3S/c1-16(13-6-3-9-23-13)14(20)19(15(21)18-16)7-8-22-12-5-2-4-11(17)10-12/h2-6,9-10H,7-8H2,1H3,(H,18,21). The summed E-state index contributed by atoms with van der Waals surface area (Å²) in [5, 5.41) is 4.66. The van der Waals surface area contributed by atoms with E-state index in [2.05, 4.69) is 21.2 Å². The molecule has 0 saturated carbocycles. The maximum atomic E-state index is 12.6. The molecule has 5 nitrogen and oxygen atoms in total. The Bertz CT molecular complexity index is 735. The monoisotopic (exact) mass is 394 g/mol. The molecule has 1 aliphatic rings. The molecule has 1 aromatic carbocycles. The molecule has 23 heavy (non-hydrogen) atoms. The first kappa shape index (κ1) is 16.0. The molecule has 1 fully saturated rings. The van der Waals surface area contributed by atoms with E-state index < -0.39 is 5.54 Å². The van der Waals surface area contributed by atoms with Crippen LogP contribution < -0.4 is 10.1 Å². The van der Waals surface area contributed by atoms with E-state index in [4.69, 9.17) is 4.74 Å². The van der Waals surface area contributed by atoms with Gasteiger partial charge in [-0.25, -0.2) is 4.79 Å². The number of ether oxygens (including phenoxy) is 1. The number of rotatable bonds is 5. The molecule has 0 radical (unpaired) electrons. The van der Waals surface area contributed by atoms with E-state index in [-0.39, 0.29) is 25.1 Å². The van der Waals surface area contributed by atoms with Crippen LogP contribution in [-0.2, 0) is 10.3 Å². The van der Waals surface area contributed by atoms with Crippen molar-refractivity contribution < 1.29 is 14.3 Å². The Morgan fingerprint density at radius 3 is 2.83 bits per heavy atom. The first-order chi connectivity index (χ1) is 11.0. The van der Waals surface area contributed by atoms with Crippen molar-refractivity contribution in [2.45, 2.75) is 12.5 Å². The van der Waals surface area contributed by atoms with Crippen LogP contribution in [0.4, 0.5) is 4.79 Å². The third kappa shape index (κ3) is 3.11. The number of carbonyl (C=O) groups excluding carboxylic acids is 2. The molecule has 0 aliphatic carbocycles. The Balaban J connectivity index is 1.65. The zero-order valence-electron chi connectivity index (χ0n) is 12.4. The Kier molecular flexibility index (Phi) is 4.41. The van der Waals surface area contributed by atoms with E-state index in [9.17, 15) is 9.59 Å². The van der Waals surface area contributed by atoms with E-state index in [0.29, 0.717) is 5.75 Å². The highest BCUT2D eigenvalue weighted by atomic mass is 79.9. The lowest BCUT2D eigenvalue weighted by Crippen LogP contribution is -2.40. The second kappa shape index (κ2) is 6.33. The summed E-state index contributed by atoms with van der Waals surface area (Å²) in [6.07, 6.45) is 0. The van der Waals surface area contributed by atoms with Gasteiger partial charge in [0.2, 0.25) is 0 Å². The minimum absolute atomic E-state index is 0.206. The normalized spacial score (nSPS) is 20.7. The maximum Gasteiger partial charge on any atom is 0.325 e. The zero-order valence-corrected chi connectivity index (χ0v) is 14.8. The van der Waals surface area contributed by atoms with Crippen LogP contribution in [0.25, 0.3) is 0 Å². The number of imide groups is 1. The number of amides is 3. The van der Waals surface area contributed by atoms with Gasteiger partial charge < -0.3 is 10.1 Å². The molecule has 1 saturated heterocycles. The molecule has 3 amide bonds. The van der Waals surface area contributed by atoms with Gasteiger partial charge in [0.05, 0.1) is 6.54 Å². The predicted octanol–water partition coefficient (Wildman–Crippen LogP) is 3.36. The predicted molar refractivity (Wildman–Crippen MR) is 91.6 cm³/mol. The maximum absolute atomic E-state index is 12.6. The van der Waals surface area contributed by atoms with Gasteiger partial charge in [-0.3, -0.25) is 9.69 Å². The number of hydrogen-bond acceptors (Lipinski definition) is 4. The van der Waals surface area contributed by atoms with Crippen LogP contribution in [0.15, 0.2) is 46.3 Å². The van der Waals surface area contributed by atoms with Crippen molar-refractivity contribution in [2.24, 2.45) is 0 Å². The number of urea groups is 1. The second-order valence-electron chi connectivity index (χ2n) is 5.30. The number of halogens is 1. The van der Waals surface area contributed by atoms with Gasteiger partial charge in [-0.05, 0) is 36.6 Å². The molecule has 0 spiro atoms. The smallest absolute Gasteiger partial charge is 0.325 e. The van der Waals surface area contributed by atoms with Gasteiger partial charge in [0.25, 0.3) is 5.91 Å². The summed E-state index contributed by atoms with van der Waals surface area (Å²) in [6.45, 7) is 2.18. The minimum atomic E-state index is -0.985. The van der Waals surface area contributed by atoms with Crippen molar-refractivity contribution in [1.82, 2.24) is 10.2 Å². The van der Waals surface area contributed by atoms with Gasteiger partial charge in [-0.15, -0.1) is 11.3 Å². The summed E-state index contributed by atoms with van der Waals surface area (Å²) in [7, 11) is 0. The Morgan fingerprint density at radius 2 is 2.13 bits per heavy atom. The molecular formula is C16H15BrN2O3S. The third-order valence-electron chi connectivity index (χ3n) is 3.67. The van der Waals surface area contributed by atoms with Crippen LogP contribution in [0.3, 0.4) is 0 Å². The number of thiophene rings is 1. The van der Waals surface area contributed by atoms with Crippen molar-refractivity contribution in [3.8, 4) is 5.75 Å². The number of carbonyl (C=O) groups is 2. The van der Waals surface area contributed by atoms with Gasteiger partial charge in [0.15, 0.2) is 5.54 Å². The van der Waals surface area contributed by atoms with Crippen molar-refractivity contribution in [2.75, 3.05) is 13.2 Å². The van der Waals surface area contributed by atoms with E-state index in [0.717, 1.165) is 9.35 Å². The molecule has 1 aliphatic heterocycles. The van der Waals surface area contributed by atoms with Crippen LogP contribution in [0.2, 0.25) is 0 Å². The summed E-state index contributed by atoms with van der Waals surface area (Å²) >= 11 is 4.82. The fourth-order valence-corrected chi connectivity index (χ4v) is 3.65. The Morgan fingerprint density at radius 1 is 1.30 bits per heavy atom. The van der Waals surface area contributed by atoms with Crippen LogP contribution in [0, 0.1) is 0 Å². The molecule has 3 rings (SSSR count). The number of nitrogens with one attached hydrogen (secondary N) is 1. The van der Waals surface area contributed by atoms with Crippen LogP contribution in [-0.4, -0.2) is 30.0 Å². The second-order valence-corrected chi connectivity index (χ2v) is 7.16. The highest BCUT2D eigenvalue weighted by Gasteiger charge is 2.49. The molecular weight excluding hydrogens is 380 g/mol. The van der Waals surface area contributed by atoms with Crippen molar-refractivity contribution in [1.29, 1.82) is 0 Å². The van der Waals surface area contributed by atoms with Gasteiger partial charge in [-0.2, -0.15) is 0 Å². The quantitative estimate of drug-likeness (QED) is 0.790. The third-order valence-corrected chi connectivity index (χ3v) is 5.25. The lowest BCUT2D eigenvalue weighted by molar-refractivity contribution is -0.131. The minimum Gasteiger partial charge on any atom is -0.492 e. The molecule has 2 heterocycles. The first-order valence-corrected chi connectivity index (χ1v) is 8.74. The van der Waals surface area contributed by atoms with E-state index in [1.807, 2.05) is 41.8 Å². The summed E-state index contributed by atoms with van der Waals surface area (Å²) in [4.78, 5) is 26.8. The van der Waals surface area contributed by atoms with E-state index in [1.165, 1.54) is 16.2 Å². The largest absolute Gasteiger partial charge is 0.492 e. The van der Waals surface area contributed by atoms with Crippen LogP contribution >= 0.6 is 27.3 Å². The van der Waals surface area contributed by atoms with Gasteiger partial charge in [0, 0.05) is 9.35 Å². The lowest BCUT2D eigenvalue weighted by atomic mass is 10.0. The zero-order chi connectivity index (χ0) is 16.4. The molecule has 2 aromatic rings. The number of benzene rings is 1. The fraction of sp³-hybridized carbons (Fsp3) is 0.250. The Hall–Kier alpha value is -1.86. The molecule has 1 atom stereocenters. The van der Waals surface area contributed by atoms with Crippen molar-refractivity contribution in [3.05, 3.63) is 51.1 Å². The summed E-state index contributed by atoms with van der Waals surface area (Å²) in [5.41, 5.74) is -0.985. The van der Waals surface area contributed by atoms with Gasteiger partial charge >= 0.3 is 6.03 Å². The molecule has 1 N–H and O–H groups in total. The van der Waals surface area contributed by atoms with E-state index >= 15 is 0 Å². The van der Waals surface area contributed by atoms with Crippen LogP contribution in [0.1, 0.15) is 11.8 Å². The highest BCUT2D eigenvalue weighted by molar-refractivity contribution is 9.10. The molecule has 120 valence electrons. The summed E-state index contributed by atoms with van der Waals surface area (Å²) < 4.78 is 6.52. The Labute approximate surface area is 146 Å². The summed E-state index contributed by atoms with van der Waals surface area (Å²) in [5.74, 6) is 0.440. The van der Waals surface area contributed by atoms with E-state index in [1.54, 1.807) is 6.92 Å². The molecule has 1 aromatic heterocycles. The average Bonchev–Trinajstić information content (AvgIpc) is 3.11. The topological polar surface area (TPSA) is 58.6 Å². The molecule has 1 unspecified atom stereocenters. The van der Waals surface area contributed by atoms with Crippen LogP contribution in [0.5, 0.6) is 5.75 Å². The van der Waals surface area contributed by atoms with Crippen molar-refractivity contribution in [3.63, 3.8) is 0 Å². The van der Waals surface area contributed by atoms with Crippen molar-refractivity contribution >= 4 is 39.2 Å². The first-order valence-electron chi connectivity index (χ1n) is 7.07. The fourth-order valence-electron chi connectivity index (χ4n) is 2.44. The molecule has 0 bridgehead atoms. The summed E-state index contributed by atoms with van der Waals surface area (Å²) in [6, 6.07) is 10.8. The van der Waals surface area contributed by atoms with Gasteiger partial charge in [-0.1, -0.05) is 28.1 Å². The van der Waals surface area contributed by atoms with Gasteiger partial charge in [0.1, 0.15) is 12.4 Å². The molecule has 7 heteroatoms. The SMILES string of the molecule is CC1(c2cccs2)NC(=O)N(CCOc2cccc(Br)c2)C1=O. The number of hydrogen-bond donors (Lipinski definition) is 1. The average molecular weight is 395 g/mol. The highest BCUT2D eigenvalue weighted by Crippen LogP contribution is 2.31.